The number of nitrogens with zero attached hydrogens (tertiary/aromatic N) is 1. The number of benzene rings is 2. The van der Waals surface area contributed by atoms with Gasteiger partial charge in [0.2, 0.25) is 5.91 Å². The molecule has 0 unspecified atom stereocenters. The highest BCUT2D eigenvalue weighted by Gasteiger charge is 2.26. The lowest BCUT2D eigenvalue weighted by atomic mass is 9.89. The summed E-state index contributed by atoms with van der Waals surface area (Å²) >= 11 is 1.55. The molecule has 1 heterocycles. The van der Waals surface area contributed by atoms with Gasteiger partial charge in [0, 0.05) is 17.0 Å². The van der Waals surface area contributed by atoms with Crippen LogP contribution >= 0.6 is 11.8 Å². The predicted octanol–water partition coefficient (Wildman–Crippen LogP) is 5.25. The van der Waals surface area contributed by atoms with Crippen molar-refractivity contribution in [1.82, 2.24) is 5.32 Å². The molecule has 2 aromatic rings. The summed E-state index contributed by atoms with van der Waals surface area (Å²) in [6, 6.07) is 12.0. The third kappa shape index (κ3) is 4.56. The van der Waals surface area contributed by atoms with Gasteiger partial charge in [0.15, 0.2) is 0 Å². The zero-order chi connectivity index (χ0) is 21.1. The minimum absolute atomic E-state index is 0.0434. The van der Waals surface area contributed by atoms with Crippen molar-refractivity contribution in [2.75, 3.05) is 17.2 Å². The first-order chi connectivity index (χ1) is 14.5. The number of rotatable bonds is 5. The highest BCUT2D eigenvalue weighted by Crippen LogP contribution is 2.37. The van der Waals surface area contributed by atoms with Gasteiger partial charge in [-0.15, -0.1) is 11.8 Å². The van der Waals surface area contributed by atoms with Crippen molar-refractivity contribution in [3.63, 3.8) is 0 Å². The van der Waals surface area contributed by atoms with E-state index in [0.717, 1.165) is 22.7 Å². The number of hydrogen-bond acceptors (Lipinski definition) is 3. The average molecular weight is 423 g/mol. The third-order valence-corrected chi connectivity index (χ3v) is 7.53. The largest absolute Gasteiger partial charge is 0.352 e. The summed E-state index contributed by atoms with van der Waals surface area (Å²) in [6.07, 6.45) is 6.27. The minimum atomic E-state index is -0.0434. The zero-order valence-corrected chi connectivity index (χ0v) is 18.7. The van der Waals surface area contributed by atoms with E-state index >= 15 is 0 Å². The van der Waals surface area contributed by atoms with Gasteiger partial charge in [-0.05, 0) is 67.5 Å². The highest BCUT2D eigenvalue weighted by molar-refractivity contribution is 8.00. The van der Waals surface area contributed by atoms with E-state index < -0.39 is 0 Å². The van der Waals surface area contributed by atoms with Crippen molar-refractivity contribution >= 4 is 29.3 Å². The first-order valence-electron chi connectivity index (χ1n) is 10.9. The molecule has 1 aliphatic heterocycles. The molecule has 2 amide bonds. The molecule has 1 aliphatic carbocycles. The Kier molecular flexibility index (Phi) is 6.47. The number of hydrogen-bond donors (Lipinski definition) is 1. The molecule has 0 radical (unpaired) electrons. The fraction of sp³-hybridized carbons (Fsp3) is 0.440. The molecular formula is C25H30N2O2S. The molecule has 5 heteroatoms. The molecule has 0 bridgehead atoms. The summed E-state index contributed by atoms with van der Waals surface area (Å²) in [5.41, 5.74) is 5.07. The van der Waals surface area contributed by atoms with Gasteiger partial charge in [-0.2, -0.15) is 0 Å². The Morgan fingerprint density at radius 3 is 2.73 bits per heavy atom. The SMILES string of the molecule is Cc1cccc(CN2C(=O)CSc3ccc(C(=O)NCC4CCCCC4)cc32)c1C. The van der Waals surface area contributed by atoms with Crippen LogP contribution in [0.5, 0.6) is 0 Å². The topological polar surface area (TPSA) is 49.4 Å². The summed E-state index contributed by atoms with van der Waals surface area (Å²) in [5.74, 6) is 1.08. The molecule has 1 N–H and O–H groups in total. The van der Waals surface area contributed by atoms with E-state index in [4.69, 9.17) is 0 Å². The molecule has 4 nitrogen and oxygen atoms in total. The number of carbonyl (C=O) groups is 2. The highest BCUT2D eigenvalue weighted by atomic mass is 32.2. The van der Waals surface area contributed by atoms with E-state index in [0.29, 0.717) is 23.8 Å². The van der Waals surface area contributed by atoms with Gasteiger partial charge in [0.1, 0.15) is 0 Å². The number of thioether (sulfide) groups is 1. The van der Waals surface area contributed by atoms with Crippen molar-refractivity contribution in [2.45, 2.75) is 57.4 Å². The van der Waals surface area contributed by atoms with Crippen LogP contribution in [-0.2, 0) is 11.3 Å². The summed E-state index contributed by atoms with van der Waals surface area (Å²) in [6.45, 7) is 5.47. The van der Waals surface area contributed by atoms with Gasteiger partial charge in [0.05, 0.1) is 18.0 Å². The first-order valence-corrected chi connectivity index (χ1v) is 11.9. The van der Waals surface area contributed by atoms with E-state index in [2.05, 4.69) is 31.3 Å². The van der Waals surface area contributed by atoms with Crippen LogP contribution in [0.1, 0.15) is 59.2 Å². The maximum atomic E-state index is 12.8. The van der Waals surface area contributed by atoms with Crippen LogP contribution in [0.2, 0.25) is 0 Å². The lowest BCUT2D eigenvalue weighted by molar-refractivity contribution is -0.116. The van der Waals surface area contributed by atoms with Gasteiger partial charge in [-0.3, -0.25) is 9.59 Å². The zero-order valence-electron chi connectivity index (χ0n) is 17.9. The first kappa shape index (κ1) is 21.0. The average Bonchev–Trinajstić information content (AvgIpc) is 2.77. The van der Waals surface area contributed by atoms with E-state index in [9.17, 15) is 9.59 Å². The van der Waals surface area contributed by atoms with Gasteiger partial charge in [0.25, 0.3) is 5.91 Å². The second-order valence-corrected chi connectivity index (χ2v) is 9.54. The standard InChI is InChI=1S/C25H30N2O2S/c1-17-7-6-10-21(18(17)2)15-27-22-13-20(11-12-23(22)30-16-24(27)28)25(29)26-14-19-8-4-3-5-9-19/h6-7,10-13,19H,3-5,8-9,14-16H2,1-2H3,(H,26,29). The second-order valence-electron chi connectivity index (χ2n) is 8.52. The van der Waals surface area contributed by atoms with Crippen molar-refractivity contribution in [3.8, 4) is 0 Å². The molecule has 4 rings (SSSR count). The van der Waals surface area contributed by atoms with Gasteiger partial charge >= 0.3 is 0 Å². The Balaban J connectivity index is 1.53. The quantitative estimate of drug-likeness (QED) is 0.716. The number of fused-ring (bicyclic) bond motifs is 1. The van der Waals surface area contributed by atoms with E-state index in [1.807, 2.05) is 29.2 Å². The van der Waals surface area contributed by atoms with Crippen LogP contribution in [0.4, 0.5) is 5.69 Å². The summed E-state index contributed by atoms with van der Waals surface area (Å²) in [5, 5.41) is 3.12. The smallest absolute Gasteiger partial charge is 0.251 e. The summed E-state index contributed by atoms with van der Waals surface area (Å²) < 4.78 is 0. The van der Waals surface area contributed by atoms with Crippen molar-refractivity contribution in [1.29, 1.82) is 0 Å². The van der Waals surface area contributed by atoms with Gasteiger partial charge in [-0.1, -0.05) is 37.5 Å². The Morgan fingerprint density at radius 2 is 1.93 bits per heavy atom. The molecular weight excluding hydrogens is 392 g/mol. The second kappa shape index (κ2) is 9.25. The lowest BCUT2D eigenvalue weighted by Crippen LogP contribution is -2.35. The van der Waals surface area contributed by atoms with Crippen LogP contribution in [0.3, 0.4) is 0 Å². The van der Waals surface area contributed by atoms with Gasteiger partial charge in [-0.25, -0.2) is 0 Å². The molecule has 0 atom stereocenters. The molecule has 0 spiro atoms. The van der Waals surface area contributed by atoms with Crippen molar-refractivity contribution in [2.24, 2.45) is 5.92 Å². The molecule has 2 aromatic carbocycles. The van der Waals surface area contributed by atoms with Crippen LogP contribution in [0, 0.1) is 19.8 Å². The van der Waals surface area contributed by atoms with Crippen molar-refractivity contribution in [3.05, 3.63) is 58.7 Å². The number of anilines is 1. The number of aryl methyl sites for hydroxylation is 1. The normalized spacial score (nSPS) is 17.0. The fourth-order valence-corrected chi connectivity index (χ4v) is 5.32. The van der Waals surface area contributed by atoms with Crippen LogP contribution in [-0.4, -0.2) is 24.1 Å². The van der Waals surface area contributed by atoms with E-state index in [-0.39, 0.29) is 11.8 Å². The molecule has 1 fully saturated rings. The minimum Gasteiger partial charge on any atom is -0.352 e. The van der Waals surface area contributed by atoms with Gasteiger partial charge < -0.3 is 10.2 Å². The number of nitrogens with one attached hydrogen (secondary N) is 1. The van der Waals surface area contributed by atoms with E-state index in [1.165, 1.54) is 43.2 Å². The third-order valence-electron chi connectivity index (χ3n) is 6.49. The monoisotopic (exact) mass is 422 g/mol. The Hall–Kier alpha value is -2.27. The number of amides is 2. The fourth-order valence-electron chi connectivity index (χ4n) is 4.40. The van der Waals surface area contributed by atoms with Crippen molar-refractivity contribution < 1.29 is 9.59 Å². The van der Waals surface area contributed by atoms with E-state index in [1.54, 1.807) is 11.8 Å². The lowest BCUT2D eigenvalue weighted by Gasteiger charge is -2.30. The maximum Gasteiger partial charge on any atom is 0.251 e. The molecule has 1 saturated carbocycles. The van der Waals surface area contributed by atoms with Crippen LogP contribution in [0.25, 0.3) is 0 Å². The Bertz CT molecular complexity index is 950. The van der Waals surface area contributed by atoms with Crippen LogP contribution < -0.4 is 10.2 Å². The Morgan fingerprint density at radius 1 is 1.13 bits per heavy atom. The van der Waals surface area contributed by atoms with Crippen LogP contribution in [0.15, 0.2) is 41.3 Å². The molecule has 30 heavy (non-hydrogen) atoms. The summed E-state index contributed by atoms with van der Waals surface area (Å²) in [7, 11) is 0. The molecule has 2 aliphatic rings. The number of carbonyl (C=O) groups excluding carboxylic acids is 2. The molecule has 0 saturated heterocycles. The molecule has 0 aromatic heterocycles. The summed E-state index contributed by atoms with van der Waals surface area (Å²) in [4.78, 5) is 28.5. The predicted molar refractivity (Wildman–Crippen MR) is 123 cm³/mol. The molecule has 158 valence electrons. The Labute approximate surface area is 183 Å². The maximum absolute atomic E-state index is 12.8.